The summed E-state index contributed by atoms with van der Waals surface area (Å²) >= 11 is 1.51. The molecule has 0 aliphatic carbocycles. The molecule has 0 aliphatic heterocycles. The van der Waals surface area contributed by atoms with Crippen molar-refractivity contribution in [1.29, 1.82) is 0 Å². The number of hydrogen-bond acceptors (Lipinski definition) is 4. The van der Waals surface area contributed by atoms with Crippen molar-refractivity contribution in [3.8, 4) is 0 Å². The Labute approximate surface area is 134 Å². The number of hydrogen-bond donors (Lipinski definition) is 3. The molecule has 22 heavy (non-hydrogen) atoms. The fourth-order valence-electron chi connectivity index (χ4n) is 2.19. The number of nitrogens with zero attached hydrogens (tertiary/aromatic N) is 2. The van der Waals surface area contributed by atoms with Crippen molar-refractivity contribution >= 4 is 23.2 Å². The zero-order valence-corrected chi connectivity index (χ0v) is 13.8. The van der Waals surface area contributed by atoms with Crippen molar-refractivity contribution in [2.75, 3.05) is 5.32 Å². The third kappa shape index (κ3) is 4.32. The molecule has 2 rings (SSSR count). The van der Waals surface area contributed by atoms with Gasteiger partial charge in [0.15, 0.2) is 0 Å². The molecule has 2 heterocycles. The summed E-state index contributed by atoms with van der Waals surface area (Å²) in [5.74, 6) is 0.651. The van der Waals surface area contributed by atoms with Gasteiger partial charge in [0.05, 0.1) is 12.3 Å². The fourth-order valence-corrected chi connectivity index (χ4v) is 2.92. The number of carbonyl (C=O) groups is 1. The second-order valence-corrected chi connectivity index (χ2v) is 6.50. The number of thiophene rings is 1. The summed E-state index contributed by atoms with van der Waals surface area (Å²) in [6.45, 7) is 5.86. The van der Waals surface area contributed by atoms with Crippen molar-refractivity contribution in [2.45, 2.75) is 45.4 Å². The second-order valence-electron chi connectivity index (χ2n) is 5.52. The van der Waals surface area contributed by atoms with Crippen molar-refractivity contribution < 1.29 is 9.90 Å². The smallest absolute Gasteiger partial charge is 0.320 e. The predicted octanol–water partition coefficient (Wildman–Crippen LogP) is 3.16. The topological polar surface area (TPSA) is 79.2 Å². The molecular formula is C15H22N4O2S. The van der Waals surface area contributed by atoms with Gasteiger partial charge in [-0.25, -0.2) is 9.48 Å². The van der Waals surface area contributed by atoms with E-state index < -0.39 is 6.10 Å². The number of aliphatic hydroxyl groups is 1. The van der Waals surface area contributed by atoms with Gasteiger partial charge in [-0.1, -0.05) is 6.07 Å². The van der Waals surface area contributed by atoms with Gasteiger partial charge < -0.3 is 10.4 Å². The van der Waals surface area contributed by atoms with Crippen LogP contribution in [0.25, 0.3) is 0 Å². The molecule has 7 heteroatoms. The Balaban J connectivity index is 1.85. The summed E-state index contributed by atoms with van der Waals surface area (Å²) in [6.07, 6.45) is 1.56. The zero-order chi connectivity index (χ0) is 16.1. The lowest BCUT2D eigenvalue weighted by atomic mass is 10.1. The molecule has 0 fully saturated rings. The van der Waals surface area contributed by atoms with Gasteiger partial charge in [-0.2, -0.15) is 5.10 Å². The van der Waals surface area contributed by atoms with Crippen molar-refractivity contribution in [3.63, 3.8) is 0 Å². The van der Waals surface area contributed by atoms with Gasteiger partial charge in [0.25, 0.3) is 0 Å². The largest absolute Gasteiger partial charge is 0.387 e. The first-order valence-corrected chi connectivity index (χ1v) is 8.18. The lowest BCUT2D eigenvalue weighted by Gasteiger charge is -2.18. The molecule has 0 spiro atoms. The van der Waals surface area contributed by atoms with Crippen LogP contribution in [0.5, 0.6) is 0 Å². The van der Waals surface area contributed by atoms with Crippen LogP contribution in [0, 0.1) is 0 Å². The van der Waals surface area contributed by atoms with Crippen LogP contribution < -0.4 is 10.6 Å². The van der Waals surface area contributed by atoms with E-state index in [0.717, 1.165) is 4.88 Å². The number of carbonyl (C=O) groups excluding carboxylic acids is 1. The number of nitrogens with one attached hydrogen (secondary N) is 2. The van der Waals surface area contributed by atoms with E-state index in [2.05, 4.69) is 15.7 Å². The summed E-state index contributed by atoms with van der Waals surface area (Å²) < 4.78 is 1.74. The van der Waals surface area contributed by atoms with Gasteiger partial charge in [0.2, 0.25) is 0 Å². The first-order valence-electron chi connectivity index (χ1n) is 7.30. The molecule has 0 unspecified atom stereocenters. The number of rotatable bonds is 6. The Morgan fingerprint density at radius 2 is 2.18 bits per heavy atom. The molecule has 2 atom stereocenters. The van der Waals surface area contributed by atoms with Crippen LogP contribution >= 0.6 is 11.3 Å². The molecule has 2 amide bonds. The number of amides is 2. The van der Waals surface area contributed by atoms with Crippen LogP contribution in [-0.2, 0) is 0 Å². The quantitative estimate of drug-likeness (QED) is 0.764. The maximum absolute atomic E-state index is 12.0. The first-order chi connectivity index (χ1) is 10.5. The second kappa shape index (κ2) is 7.42. The molecule has 0 saturated heterocycles. The molecule has 3 N–H and O–H groups in total. The van der Waals surface area contributed by atoms with E-state index in [1.165, 1.54) is 11.3 Å². The Hall–Kier alpha value is -1.86. The zero-order valence-electron chi connectivity index (χ0n) is 13.0. The van der Waals surface area contributed by atoms with E-state index in [1.807, 2.05) is 38.3 Å². The summed E-state index contributed by atoms with van der Waals surface area (Å²) in [7, 11) is 0. The highest BCUT2D eigenvalue weighted by Crippen LogP contribution is 2.22. The van der Waals surface area contributed by atoms with E-state index in [-0.39, 0.29) is 18.1 Å². The van der Waals surface area contributed by atoms with E-state index in [1.54, 1.807) is 16.9 Å². The van der Waals surface area contributed by atoms with E-state index in [9.17, 15) is 9.90 Å². The first kappa shape index (κ1) is 16.5. The number of anilines is 1. The number of aromatic nitrogens is 2. The molecule has 6 nitrogen and oxygen atoms in total. The van der Waals surface area contributed by atoms with Gasteiger partial charge in [0, 0.05) is 23.0 Å². The Morgan fingerprint density at radius 3 is 2.82 bits per heavy atom. The van der Waals surface area contributed by atoms with Gasteiger partial charge >= 0.3 is 6.03 Å². The minimum absolute atomic E-state index is 0.146. The predicted molar refractivity (Wildman–Crippen MR) is 88.1 cm³/mol. The average Bonchev–Trinajstić information content (AvgIpc) is 3.08. The Kier molecular flexibility index (Phi) is 5.57. The molecule has 2 aromatic rings. The number of aliphatic hydroxyl groups excluding tert-OH is 1. The van der Waals surface area contributed by atoms with Crippen molar-refractivity contribution in [3.05, 3.63) is 34.7 Å². The van der Waals surface area contributed by atoms with Crippen LogP contribution in [-0.4, -0.2) is 27.0 Å². The average molecular weight is 322 g/mol. The van der Waals surface area contributed by atoms with Crippen LogP contribution in [0.2, 0.25) is 0 Å². The lowest BCUT2D eigenvalue weighted by Crippen LogP contribution is -2.37. The minimum atomic E-state index is -0.559. The molecule has 0 saturated carbocycles. The summed E-state index contributed by atoms with van der Waals surface area (Å²) in [5.41, 5.74) is 0. The lowest BCUT2D eigenvalue weighted by molar-refractivity contribution is 0.158. The van der Waals surface area contributed by atoms with Gasteiger partial charge in [-0.15, -0.1) is 11.3 Å². The van der Waals surface area contributed by atoms with Gasteiger partial charge in [-0.3, -0.25) is 5.32 Å². The Morgan fingerprint density at radius 1 is 1.41 bits per heavy atom. The Bertz CT molecular complexity index is 594. The van der Waals surface area contributed by atoms with Crippen LogP contribution in [0.3, 0.4) is 0 Å². The molecule has 0 aromatic carbocycles. The van der Waals surface area contributed by atoms with E-state index in [4.69, 9.17) is 0 Å². The normalized spacial score (nSPS) is 13.9. The highest BCUT2D eigenvalue weighted by Gasteiger charge is 2.16. The van der Waals surface area contributed by atoms with Crippen LogP contribution in [0.15, 0.2) is 29.8 Å². The fraction of sp³-hybridized carbons (Fsp3) is 0.467. The van der Waals surface area contributed by atoms with Crippen LogP contribution in [0.1, 0.15) is 44.2 Å². The van der Waals surface area contributed by atoms with E-state index >= 15 is 0 Å². The third-order valence-corrected chi connectivity index (χ3v) is 4.20. The highest BCUT2D eigenvalue weighted by molar-refractivity contribution is 7.10. The summed E-state index contributed by atoms with van der Waals surface area (Å²) in [5, 5.41) is 21.8. The summed E-state index contributed by atoms with van der Waals surface area (Å²) in [4.78, 5) is 12.9. The van der Waals surface area contributed by atoms with Gasteiger partial charge in [0.1, 0.15) is 5.82 Å². The van der Waals surface area contributed by atoms with Crippen LogP contribution in [0.4, 0.5) is 10.6 Å². The molecule has 0 aliphatic rings. The standard InChI is InChI=1S/C15H22N4O2S/c1-10(2)19-14(6-7-16-19)18-15(21)17-11(3)9-12(20)13-5-4-8-22-13/h4-8,10-12,20H,9H2,1-3H3,(H2,17,18,21)/t11-,12+/m0/s1. The van der Waals surface area contributed by atoms with Gasteiger partial charge in [-0.05, 0) is 38.6 Å². The SMILES string of the molecule is CC(C)n1nccc1NC(=O)N[C@@H](C)C[C@@H](O)c1cccs1. The molecule has 120 valence electrons. The van der Waals surface area contributed by atoms with Crippen molar-refractivity contribution in [2.24, 2.45) is 0 Å². The third-order valence-electron chi connectivity index (χ3n) is 3.23. The molecule has 0 radical (unpaired) electrons. The maximum Gasteiger partial charge on any atom is 0.320 e. The van der Waals surface area contributed by atoms with Crippen molar-refractivity contribution in [1.82, 2.24) is 15.1 Å². The maximum atomic E-state index is 12.0. The number of urea groups is 1. The summed E-state index contributed by atoms with van der Waals surface area (Å²) in [6, 6.07) is 5.28. The minimum Gasteiger partial charge on any atom is -0.387 e. The molecule has 0 bridgehead atoms. The monoisotopic (exact) mass is 322 g/mol. The van der Waals surface area contributed by atoms with E-state index in [0.29, 0.717) is 12.2 Å². The molecule has 2 aromatic heterocycles. The highest BCUT2D eigenvalue weighted by atomic mass is 32.1. The molecular weight excluding hydrogens is 300 g/mol.